The number of hydrogen-bond donors (Lipinski definition) is 1. The van der Waals surface area contributed by atoms with Crippen LogP contribution in [0.4, 0.5) is 5.69 Å². The molecule has 0 bridgehead atoms. The maximum Gasteiger partial charge on any atom is 0.272 e. The number of likely N-dealkylation sites (tertiary alicyclic amines) is 1. The molecule has 0 spiro atoms. The summed E-state index contributed by atoms with van der Waals surface area (Å²) >= 11 is 0. The standard InChI is InChI=1S/C15H22N2O3/c1-12-13(6-5-8-15(12)17(19)20)10-16-9-4-2-3-7-14(16)11-18/h5-6,8,14,18H,2-4,7,9-11H2,1H3. The molecule has 0 aliphatic carbocycles. The fraction of sp³-hybridized carbons (Fsp3) is 0.600. The van der Waals surface area contributed by atoms with E-state index in [2.05, 4.69) is 4.90 Å². The van der Waals surface area contributed by atoms with Crippen molar-refractivity contribution in [3.63, 3.8) is 0 Å². The summed E-state index contributed by atoms with van der Waals surface area (Å²) in [4.78, 5) is 12.9. The Balaban J connectivity index is 2.19. The number of aliphatic hydroxyl groups excluding tert-OH is 1. The van der Waals surface area contributed by atoms with Gasteiger partial charge < -0.3 is 5.11 Å². The molecule has 20 heavy (non-hydrogen) atoms. The Labute approximate surface area is 119 Å². The van der Waals surface area contributed by atoms with Crippen molar-refractivity contribution in [2.45, 2.75) is 45.2 Å². The molecule has 1 N–H and O–H groups in total. The lowest BCUT2D eigenvalue weighted by Crippen LogP contribution is -2.37. The Bertz CT molecular complexity index is 476. The van der Waals surface area contributed by atoms with E-state index in [1.165, 1.54) is 6.42 Å². The van der Waals surface area contributed by atoms with Gasteiger partial charge in [0.1, 0.15) is 0 Å². The fourth-order valence-electron chi connectivity index (χ4n) is 2.91. The molecule has 0 amide bonds. The van der Waals surface area contributed by atoms with Crippen LogP contribution < -0.4 is 0 Å². The molecule has 2 rings (SSSR count). The van der Waals surface area contributed by atoms with E-state index in [1.54, 1.807) is 19.1 Å². The topological polar surface area (TPSA) is 66.6 Å². The first kappa shape index (κ1) is 14.9. The van der Waals surface area contributed by atoms with Crippen LogP contribution in [0.2, 0.25) is 0 Å². The zero-order valence-corrected chi connectivity index (χ0v) is 11.9. The zero-order chi connectivity index (χ0) is 14.5. The molecule has 1 unspecified atom stereocenters. The summed E-state index contributed by atoms with van der Waals surface area (Å²) in [6.45, 7) is 3.60. The van der Waals surface area contributed by atoms with Gasteiger partial charge in [0, 0.05) is 24.2 Å². The molecule has 110 valence electrons. The van der Waals surface area contributed by atoms with E-state index >= 15 is 0 Å². The highest BCUT2D eigenvalue weighted by Crippen LogP contribution is 2.25. The number of nitro groups is 1. The Kier molecular flexibility index (Phi) is 5.09. The van der Waals surface area contributed by atoms with Gasteiger partial charge in [0.25, 0.3) is 5.69 Å². The first-order valence-corrected chi connectivity index (χ1v) is 7.21. The van der Waals surface area contributed by atoms with Crippen molar-refractivity contribution >= 4 is 5.69 Å². The van der Waals surface area contributed by atoms with Crippen LogP contribution in [0.25, 0.3) is 0 Å². The molecule has 5 nitrogen and oxygen atoms in total. The smallest absolute Gasteiger partial charge is 0.272 e. The Morgan fingerprint density at radius 3 is 2.90 bits per heavy atom. The molecule has 1 atom stereocenters. The average Bonchev–Trinajstić information content (AvgIpc) is 2.65. The second kappa shape index (κ2) is 6.81. The number of aliphatic hydroxyl groups is 1. The van der Waals surface area contributed by atoms with Crippen LogP contribution in [0.3, 0.4) is 0 Å². The van der Waals surface area contributed by atoms with Crippen molar-refractivity contribution in [3.05, 3.63) is 39.4 Å². The second-order valence-corrected chi connectivity index (χ2v) is 5.47. The van der Waals surface area contributed by atoms with Crippen LogP contribution in [0.5, 0.6) is 0 Å². The van der Waals surface area contributed by atoms with Crippen LogP contribution in [0, 0.1) is 17.0 Å². The Hall–Kier alpha value is -1.46. The van der Waals surface area contributed by atoms with E-state index in [0.29, 0.717) is 6.54 Å². The van der Waals surface area contributed by atoms with Crippen LogP contribution >= 0.6 is 0 Å². The largest absolute Gasteiger partial charge is 0.395 e. The third-order valence-electron chi connectivity index (χ3n) is 4.20. The second-order valence-electron chi connectivity index (χ2n) is 5.47. The van der Waals surface area contributed by atoms with Crippen LogP contribution in [0.15, 0.2) is 18.2 Å². The number of benzene rings is 1. The van der Waals surface area contributed by atoms with E-state index in [9.17, 15) is 15.2 Å². The molecule has 1 fully saturated rings. The molecule has 0 saturated carbocycles. The third kappa shape index (κ3) is 3.35. The van der Waals surface area contributed by atoms with Gasteiger partial charge >= 0.3 is 0 Å². The normalized spacial score (nSPS) is 20.6. The van der Waals surface area contributed by atoms with Crippen molar-refractivity contribution in [2.75, 3.05) is 13.2 Å². The summed E-state index contributed by atoms with van der Waals surface area (Å²) in [5.41, 5.74) is 1.90. The molecule has 1 heterocycles. The van der Waals surface area contributed by atoms with E-state index < -0.39 is 0 Å². The highest BCUT2D eigenvalue weighted by Gasteiger charge is 2.22. The number of nitrogens with zero attached hydrogens (tertiary/aromatic N) is 2. The van der Waals surface area contributed by atoms with Gasteiger partial charge in [-0.3, -0.25) is 15.0 Å². The predicted molar refractivity (Wildman–Crippen MR) is 77.6 cm³/mol. The molecule has 5 heteroatoms. The summed E-state index contributed by atoms with van der Waals surface area (Å²) in [7, 11) is 0. The van der Waals surface area contributed by atoms with Crippen molar-refractivity contribution in [1.29, 1.82) is 0 Å². The monoisotopic (exact) mass is 278 g/mol. The van der Waals surface area contributed by atoms with Gasteiger partial charge in [-0.25, -0.2) is 0 Å². The first-order chi connectivity index (χ1) is 9.63. The molecule has 0 aromatic heterocycles. The minimum Gasteiger partial charge on any atom is -0.395 e. The van der Waals surface area contributed by atoms with Gasteiger partial charge in [-0.2, -0.15) is 0 Å². The number of nitro benzene ring substituents is 1. The number of hydrogen-bond acceptors (Lipinski definition) is 4. The zero-order valence-electron chi connectivity index (χ0n) is 11.9. The molecule has 1 aromatic carbocycles. The summed E-state index contributed by atoms with van der Waals surface area (Å²) < 4.78 is 0. The van der Waals surface area contributed by atoms with Crippen LogP contribution in [-0.4, -0.2) is 34.1 Å². The maximum absolute atomic E-state index is 11.0. The molecule has 1 aliphatic heterocycles. The number of rotatable bonds is 4. The highest BCUT2D eigenvalue weighted by atomic mass is 16.6. The summed E-state index contributed by atoms with van der Waals surface area (Å²) in [5, 5.41) is 20.5. The molecule has 1 aromatic rings. The van der Waals surface area contributed by atoms with Gasteiger partial charge in [0.2, 0.25) is 0 Å². The van der Waals surface area contributed by atoms with E-state index in [4.69, 9.17) is 0 Å². The van der Waals surface area contributed by atoms with E-state index in [1.807, 2.05) is 6.07 Å². The lowest BCUT2D eigenvalue weighted by Gasteiger charge is -2.28. The van der Waals surface area contributed by atoms with Crippen molar-refractivity contribution in [1.82, 2.24) is 4.90 Å². The van der Waals surface area contributed by atoms with Gasteiger partial charge in [-0.15, -0.1) is 0 Å². The van der Waals surface area contributed by atoms with Gasteiger partial charge in [0.05, 0.1) is 11.5 Å². The maximum atomic E-state index is 11.0. The lowest BCUT2D eigenvalue weighted by atomic mass is 10.0. The van der Waals surface area contributed by atoms with Crippen LogP contribution in [-0.2, 0) is 6.54 Å². The minimum absolute atomic E-state index is 0.161. The first-order valence-electron chi connectivity index (χ1n) is 7.21. The van der Waals surface area contributed by atoms with E-state index in [-0.39, 0.29) is 23.3 Å². The van der Waals surface area contributed by atoms with Crippen molar-refractivity contribution < 1.29 is 10.0 Å². The van der Waals surface area contributed by atoms with Crippen molar-refractivity contribution in [2.24, 2.45) is 0 Å². The molecule has 1 saturated heterocycles. The Morgan fingerprint density at radius 2 is 2.20 bits per heavy atom. The predicted octanol–water partition coefficient (Wildman–Crippen LogP) is 2.64. The van der Waals surface area contributed by atoms with Crippen LogP contribution in [0.1, 0.15) is 36.8 Å². The summed E-state index contributed by atoms with van der Waals surface area (Å²) in [5.74, 6) is 0. The van der Waals surface area contributed by atoms with Gasteiger partial charge in [0.15, 0.2) is 0 Å². The highest BCUT2D eigenvalue weighted by molar-refractivity contribution is 5.44. The quantitative estimate of drug-likeness (QED) is 0.679. The van der Waals surface area contributed by atoms with Gasteiger partial charge in [-0.1, -0.05) is 25.0 Å². The molecular weight excluding hydrogens is 256 g/mol. The fourth-order valence-corrected chi connectivity index (χ4v) is 2.91. The SMILES string of the molecule is Cc1c(CN2CCCCCC2CO)cccc1[N+](=O)[O-]. The molecular formula is C15H22N2O3. The average molecular weight is 278 g/mol. The molecule has 1 aliphatic rings. The Morgan fingerprint density at radius 1 is 1.40 bits per heavy atom. The summed E-state index contributed by atoms with van der Waals surface area (Å²) in [6, 6.07) is 5.41. The lowest BCUT2D eigenvalue weighted by molar-refractivity contribution is -0.385. The van der Waals surface area contributed by atoms with E-state index in [0.717, 1.165) is 36.9 Å². The third-order valence-corrected chi connectivity index (χ3v) is 4.20. The molecule has 0 radical (unpaired) electrons. The summed E-state index contributed by atoms with van der Waals surface area (Å²) in [6.07, 6.45) is 4.48. The minimum atomic E-state index is -0.329. The van der Waals surface area contributed by atoms with Gasteiger partial charge in [-0.05, 0) is 31.9 Å². The van der Waals surface area contributed by atoms with Crippen molar-refractivity contribution in [3.8, 4) is 0 Å².